The smallest absolute Gasteiger partial charge is 0.354 e. The van der Waals surface area contributed by atoms with Gasteiger partial charge in [-0.15, -0.1) is 0 Å². The predicted octanol–water partition coefficient (Wildman–Crippen LogP) is 3.96. The number of alkyl halides is 3. The molecule has 2 amide bonds. The molecule has 1 unspecified atom stereocenters. The summed E-state index contributed by atoms with van der Waals surface area (Å²) in [6, 6.07) is 8.88. The summed E-state index contributed by atoms with van der Waals surface area (Å²) in [5.41, 5.74) is 0.151. The highest BCUT2D eigenvalue weighted by molar-refractivity contribution is 5.97. The number of hydrogen-bond acceptors (Lipinski definition) is 2. The zero-order chi connectivity index (χ0) is 21.6. The highest BCUT2D eigenvalue weighted by Crippen LogP contribution is 2.29. The Morgan fingerprint density at radius 1 is 0.966 bits per heavy atom. The molecule has 0 aliphatic carbocycles. The van der Waals surface area contributed by atoms with E-state index in [-0.39, 0.29) is 18.0 Å². The fraction of sp³-hybridized carbons (Fsp3) is 0.333. The van der Waals surface area contributed by atoms with E-state index in [1.165, 1.54) is 24.3 Å². The second-order valence-corrected chi connectivity index (χ2v) is 6.94. The summed E-state index contributed by atoms with van der Waals surface area (Å²) < 4.78 is 50.7. The first-order chi connectivity index (χ1) is 13.6. The Morgan fingerprint density at radius 2 is 1.55 bits per heavy atom. The molecule has 156 valence electrons. The number of carbonyl (C=O) groups is 2. The highest BCUT2D eigenvalue weighted by atomic mass is 19.4. The molecule has 0 spiro atoms. The van der Waals surface area contributed by atoms with E-state index in [0.717, 1.165) is 24.3 Å². The molecule has 0 bridgehead atoms. The Balaban J connectivity index is 1.90. The van der Waals surface area contributed by atoms with E-state index in [0.29, 0.717) is 12.0 Å². The SMILES string of the molecule is CC(C)C(NC(=O)c1ccc(F)cc1)C(=O)NCCc1ccc(C(F)(F)F)cc1. The number of nitrogens with one attached hydrogen (secondary N) is 2. The quantitative estimate of drug-likeness (QED) is 0.679. The van der Waals surface area contributed by atoms with Gasteiger partial charge in [-0.25, -0.2) is 4.39 Å². The fourth-order valence-electron chi connectivity index (χ4n) is 2.66. The molecule has 8 heteroatoms. The predicted molar refractivity (Wildman–Crippen MR) is 101 cm³/mol. The molecule has 0 saturated heterocycles. The molecule has 2 N–H and O–H groups in total. The van der Waals surface area contributed by atoms with Crippen molar-refractivity contribution in [2.75, 3.05) is 6.54 Å². The van der Waals surface area contributed by atoms with Gasteiger partial charge in [0, 0.05) is 12.1 Å². The van der Waals surface area contributed by atoms with Gasteiger partial charge in [-0.05, 0) is 54.3 Å². The first-order valence-corrected chi connectivity index (χ1v) is 9.08. The zero-order valence-electron chi connectivity index (χ0n) is 16.0. The van der Waals surface area contributed by atoms with Crippen LogP contribution in [0.2, 0.25) is 0 Å². The molecule has 2 rings (SSSR count). The molecule has 1 atom stereocenters. The second kappa shape index (κ2) is 9.54. The second-order valence-electron chi connectivity index (χ2n) is 6.94. The van der Waals surface area contributed by atoms with Crippen molar-refractivity contribution in [1.82, 2.24) is 10.6 Å². The molecule has 0 aliphatic rings. The summed E-state index contributed by atoms with van der Waals surface area (Å²) in [4.78, 5) is 24.7. The zero-order valence-corrected chi connectivity index (χ0v) is 16.0. The number of benzene rings is 2. The Kier molecular flexibility index (Phi) is 7.36. The van der Waals surface area contributed by atoms with Gasteiger partial charge in [0.15, 0.2) is 0 Å². The summed E-state index contributed by atoms with van der Waals surface area (Å²) in [6.45, 7) is 3.75. The van der Waals surface area contributed by atoms with Crippen molar-refractivity contribution in [2.45, 2.75) is 32.5 Å². The van der Waals surface area contributed by atoms with Crippen LogP contribution >= 0.6 is 0 Å². The van der Waals surface area contributed by atoms with Crippen molar-refractivity contribution >= 4 is 11.8 Å². The summed E-state index contributed by atoms with van der Waals surface area (Å²) in [5, 5.41) is 5.31. The van der Waals surface area contributed by atoms with Crippen molar-refractivity contribution in [3.05, 3.63) is 71.0 Å². The molecule has 2 aromatic rings. The number of hydrogen-bond donors (Lipinski definition) is 2. The molecule has 29 heavy (non-hydrogen) atoms. The first-order valence-electron chi connectivity index (χ1n) is 9.08. The monoisotopic (exact) mass is 410 g/mol. The van der Waals surface area contributed by atoms with Gasteiger partial charge in [-0.1, -0.05) is 26.0 Å². The molecule has 0 radical (unpaired) electrons. The van der Waals surface area contributed by atoms with Crippen LogP contribution in [-0.2, 0) is 17.4 Å². The van der Waals surface area contributed by atoms with Crippen LogP contribution < -0.4 is 10.6 Å². The minimum atomic E-state index is -4.39. The van der Waals surface area contributed by atoms with Gasteiger partial charge in [0.2, 0.25) is 5.91 Å². The summed E-state index contributed by atoms with van der Waals surface area (Å²) >= 11 is 0. The van der Waals surface area contributed by atoms with Crippen molar-refractivity contribution < 1.29 is 27.2 Å². The van der Waals surface area contributed by atoms with Gasteiger partial charge in [0.05, 0.1) is 5.56 Å². The maximum Gasteiger partial charge on any atom is 0.416 e. The lowest BCUT2D eigenvalue weighted by atomic mass is 10.0. The molecule has 0 aromatic heterocycles. The number of halogens is 4. The maximum absolute atomic E-state index is 13.0. The third-order valence-electron chi connectivity index (χ3n) is 4.34. The van der Waals surface area contributed by atoms with Crippen LogP contribution in [0.3, 0.4) is 0 Å². The van der Waals surface area contributed by atoms with Crippen LogP contribution in [0.15, 0.2) is 48.5 Å². The third-order valence-corrected chi connectivity index (χ3v) is 4.34. The van der Waals surface area contributed by atoms with E-state index in [2.05, 4.69) is 10.6 Å². The topological polar surface area (TPSA) is 58.2 Å². The molecular formula is C21H22F4N2O2. The van der Waals surface area contributed by atoms with E-state index >= 15 is 0 Å². The molecule has 2 aromatic carbocycles. The van der Waals surface area contributed by atoms with E-state index in [4.69, 9.17) is 0 Å². The maximum atomic E-state index is 13.0. The highest BCUT2D eigenvalue weighted by Gasteiger charge is 2.30. The Labute approximate surface area is 166 Å². The average molecular weight is 410 g/mol. The Bertz CT molecular complexity index is 831. The lowest BCUT2D eigenvalue weighted by molar-refractivity contribution is -0.137. The molecule has 0 heterocycles. The largest absolute Gasteiger partial charge is 0.416 e. The number of carbonyl (C=O) groups excluding carboxylic acids is 2. The fourth-order valence-corrected chi connectivity index (χ4v) is 2.66. The van der Waals surface area contributed by atoms with Crippen LogP contribution in [0, 0.1) is 11.7 Å². The van der Waals surface area contributed by atoms with Gasteiger partial charge in [0.1, 0.15) is 11.9 Å². The summed E-state index contributed by atoms with van der Waals surface area (Å²) in [7, 11) is 0. The van der Waals surface area contributed by atoms with Crippen molar-refractivity contribution in [2.24, 2.45) is 5.92 Å². The van der Waals surface area contributed by atoms with Crippen molar-refractivity contribution in [3.8, 4) is 0 Å². The number of rotatable bonds is 7. The van der Waals surface area contributed by atoms with Gasteiger partial charge in [-0.3, -0.25) is 9.59 Å². The Morgan fingerprint density at radius 3 is 2.07 bits per heavy atom. The molecule has 0 aliphatic heterocycles. The molecular weight excluding hydrogens is 388 g/mol. The minimum Gasteiger partial charge on any atom is -0.354 e. The lowest BCUT2D eigenvalue weighted by Crippen LogP contribution is -2.50. The third kappa shape index (κ3) is 6.58. The summed E-state index contributed by atoms with van der Waals surface area (Å²) in [5.74, 6) is -1.57. The molecule has 0 saturated carbocycles. The van der Waals surface area contributed by atoms with Crippen molar-refractivity contribution in [1.29, 1.82) is 0 Å². The van der Waals surface area contributed by atoms with Crippen LogP contribution in [0.4, 0.5) is 17.6 Å². The van der Waals surface area contributed by atoms with Gasteiger partial charge in [-0.2, -0.15) is 13.2 Å². The first kappa shape index (κ1) is 22.4. The van der Waals surface area contributed by atoms with E-state index in [1.54, 1.807) is 13.8 Å². The standard InChI is InChI=1S/C21H22F4N2O2/c1-13(2)18(27-19(28)15-5-9-17(22)10-6-15)20(29)26-12-11-14-3-7-16(8-4-14)21(23,24)25/h3-10,13,18H,11-12H2,1-2H3,(H,26,29)(H,27,28). The van der Waals surface area contributed by atoms with Crippen molar-refractivity contribution in [3.63, 3.8) is 0 Å². The average Bonchev–Trinajstić information content (AvgIpc) is 2.65. The van der Waals surface area contributed by atoms with E-state index in [9.17, 15) is 27.2 Å². The Hall–Kier alpha value is -2.90. The lowest BCUT2D eigenvalue weighted by Gasteiger charge is -2.22. The van der Waals surface area contributed by atoms with Gasteiger partial charge in [0.25, 0.3) is 5.91 Å². The van der Waals surface area contributed by atoms with E-state index < -0.39 is 35.4 Å². The van der Waals surface area contributed by atoms with Crippen LogP contribution in [-0.4, -0.2) is 24.4 Å². The molecule has 0 fully saturated rings. The van der Waals surface area contributed by atoms with E-state index in [1.807, 2.05) is 0 Å². The van der Waals surface area contributed by atoms with Gasteiger partial charge < -0.3 is 10.6 Å². The normalized spacial score (nSPS) is 12.5. The van der Waals surface area contributed by atoms with Gasteiger partial charge >= 0.3 is 6.18 Å². The summed E-state index contributed by atoms with van der Waals surface area (Å²) in [6.07, 6.45) is -4.04. The van der Waals surface area contributed by atoms with Crippen LogP contribution in [0.1, 0.15) is 35.3 Å². The minimum absolute atomic E-state index is 0.203. The molecule has 4 nitrogen and oxygen atoms in total. The number of amides is 2. The van der Waals surface area contributed by atoms with Crippen LogP contribution in [0.5, 0.6) is 0 Å². The van der Waals surface area contributed by atoms with Crippen LogP contribution in [0.25, 0.3) is 0 Å².